The van der Waals surface area contributed by atoms with Crippen LogP contribution in [0.2, 0.25) is 0 Å². The van der Waals surface area contributed by atoms with E-state index in [9.17, 15) is 0 Å². The smallest absolute Gasteiger partial charge is 0.00676 e. The Morgan fingerprint density at radius 3 is 1.69 bits per heavy atom. The highest BCUT2D eigenvalue weighted by Gasteiger charge is 2.19. The molecule has 3 aromatic rings. The van der Waals surface area contributed by atoms with Gasteiger partial charge in [-0.25, -0.2) is 0 Å². The lowest BCUT2D eigenvalue weighted by molar-refractivity contribution is 0.810. The van der Waals surface area contributed by atoms with Crippen molar-refractivity contribution in [2.45, 2.75) is 79.1 Å². The van der Waals surface area contributed by atoms with E-state index in [1.165, 1.54) is 67.5 Å². The van der Waals surface area contributed by atoms with E-state index in [4.69, 9.17) is 0 Å². The maximum Gasteiger partial charge on any atom is -0.00676 e. The van der Waals surface area contributed by atoms with Crippen LogP contribution < -0.4 is 0 Å². The highest BCUT2D eigenvalue weighted by molar-refractivity contribution is 6.11. The zero-order valence-electron chi connectivity index (χ0n) is 17.1. The summed E-state index contributed by atoms with van der Waals surface area (Å²) in [7, 11) is 0. The number of benzene rings is 3. The third kappa shape index (κ3) is 3.39. The van der Waals surface area contributed by atoms with E-state index in [-0.39, 0.29) is 0 Å². The lowest BCUT2D eigenvalue weighted by atomic mass is 9.81. The van der Waals surface area contributed by atoms with E-state index >= 15 is 0 Å². The first-order valence-electron chi connectivity index (χ1n) is 10.7. The van der Waals surface area contributed by atoms with E-state index in [0.29, 0.717) is 0 Å². The first kappa shape index (κ1) is 19.0. The molecule has 0 aromatic heterocycles. The van der Waals surface area contributed by atoms with Crippen molar-refractivity contribution in [1.29, 1.82) is 0 Å². The first-order valence-corrected chi connectivity index (χ1v) is 10.7. The molecule has 0 N–H and O–H groups in total. The van der Waals surface area contributed by atoms with Gasteiger partial charge in [-0.05, 0) is 69.5 Å². The van der Waals surface area contributed by atoms with Crippen LogP contribution in [0.25, 0.3) is 21.5 Å². The maximum absolute atomic E-state index is 2.41. The minimum Gasteiger partial charge on any atom is -0.0651 e. The topological polar surface area (TPSA) is 0 Å². The van der Waals surface area contributed by atoms with Gasteiger partial charge in [0.25, 0.3) is 0 Å². The second-order valence-electron chi connectivity index (χ2n) is 7.62. The Balaban J connectivity index is 2.50. The van der Waals surface area contributed by atoms with E-state index in [0.717, 1.165) is 0 Å². The molecule has 0 aliphatic rings. The fraction of sp³-hybridized carbons (Fsp3) is 0.462. The normalized spacial score (nSPS) is 11.5. The number of fused-ring (bicyclic) bond motifs is 3. The molecular weight excluding hydrogens is 312 g/mol. The summed E-state index contributed by atoms with van der Waals surface area (Å²) in [5.74, 6) is 0. The van der Waals surface area contributed by atoms with Crippen molar-refractivity contribution in [3.63, 3.8) is 0 Å². The average molecular weight is 347 g/mol. The predicted molar refractivity (Wildman–Crippen MR) is 117 cm³/mol. The quantitative estimate of drug-likeness (QED) is 0.365. The molecule has 3 aromatic carbocycles. The Labute approximate surface area is 159 Å². The minimum atomic E-state index is 1.20. The number of hydrogen-bond acceptors (Lipinski definition) is 0. The fourth-order valence-corrected chi connectivity index (χ4v) is 4.69. The summed E-state index contributed by atoms with van der Waals surface area (Å²) in [6, 6.07) is 13.7. The standard InChI is InChI=1S/C26H34/c1-5-11-21-22(12-6-2)24(14-8-4)26-20-16-10-9-15-19(20)17-18-25(26)23(21)13-7-3/h9-10,15-18H,5-8,11-14H2,1-4H3. The van der Waals surface area contributed by atoms with Gasteiger partial charge in [0, 0.05) is 0 Å². The van der Waals surface area contributed by atoms with Crippen LogP contribution >= 0.6 is 0 Å². The van der Waals surface area contributed by atoms with Crippen molar-refractivity contribution in [3.05, 3.63) is 58.7 Å². The van der Waals surface area contributed by atoms with E-state index in [2.05, 4.69) is 64.1 Å². The molecule has 138 valence electrons. The monoisotopic (exact) mass is 346 g/mol. The highest BCUT2D eigenvalue weighted by atomic mass is 14.2. The highest BCUT2D eigenvalue weighted by Crippen LogP contribution is 2.38. The zero-order valence-corrected chi connectivity index (χ0v) is 17.1. The molecule has 0 aliphatic heterocycles. The molecule has 0 amide bonds. The molecule has 26 heavy (non-hydrogen) atoms. The molecule has 0 radical (unpaired) electrons. The summed E-state index contributed by atoms with van der Waals surface area (Å²) >= 11 is 0. The Kier molecular flexibility index (Phi) is 6.35. The van der Waals surface area contributed by atoms with Gasteiger partial charge in [0.05, 0.1) is 0 Å². The minimum absolute atomic E-state index is 1.20. The molecule has 0 saturated carbocycles. The van der Waals surface area contributed by atoms with Crippen LogP contribution in [0.4, 0.5) is 0 Å². The summed E-state index contributed by atoms with van der Waals surface area (Å²) < 4.78 is 0. The van der Waals surface area contributed by atoms with Crippen molar-refractivity contribution in [2.75, 3.05) is 0 Å². The van der Waals surface area contributed by atoms with Gasteiger partial charge in [-0.2, -0.15) is 0 Å². The molecule has 0 fully saturated rings. The Bertz CT molecular complexity index is 886. The van der Waals surface area contributed by atoms with Crippen LogP contribution in [0.5, 0.6) is 0 Å². The largest absolute Gasteiger partial charge is 0.0651 e. The van der Waals surface area contributed by atoms with Gasteiger partial charge in [-0.3, -0.25) is 0 Å². The second kappa shape index (κ2) is 8.71. The fourth-order valence-electron chi connectivity index (χ4n) is 4.69. The Hall–Kier alpha value is -1.82. The molecule has 0 saturated heterocycles. The lowest BCUT2D eigenvalue weighted by Gasteiger charge is -2.23. The molecule has 0 unspecified atom stereocenters. The maximum atomic E-state index is 2.41. The second-order valence-corrected chi connectivity index (χ2v) is 7.62. The molecule has 0 heterocycles. The van der Waals surface area contributed by atoms with E-state index < -0.39 is 0 Å². The molecule has 0 atom stereocenters. The Morgan fingerprint density at radius 1 is 0.500 bits per heavy atom. The molecular formula is C26H34. The van der Waals surface area contributed by atoms with Gasteiger partial charge in [-0.1, -0.05) is 89.8 Å². The van der Waals surface area contributed by atoms with Crippen molar-refractivity contribution >= 4 is 21.5 Å². The van der Waals surface area contributed by atoms with Crippen LogP contribution in [0.15, 0.2) is 36.4 Å². The van der Waals surface area contributed by atoms with E-state index in [1.807, 2.05) is 0 Å². The summed E-state index contributed by atoms with van der Waals surface area (Å²) in [5.41, 5.74) is 6.65. The summed E-state index contributed by atoms with van der Waals surface area (Å²) in [6.07, 6.45) is 9.75. The number of aryl methyl sites for hydroxylation is 2. The number of hydrogen-bond donors (Lipinski definition) is 0. The number of rotatable bonds is 8. The Morgan fingerprint density at radius 2 is 1.04 bits per heavy atom. The van der Waals surface area contributed by atoms with Crippen molar-refractivity contribution in [2.24, 2.45) is 0 Å². The van der Waals surface area contributed by atoms with Crippen molar-refractivity contribution < 1.29 is 0 Å². The zero-order chi connectivity index (χ0) is 18.5. The van der Waals surface area contributed by atoms with Crippen LogP contribution in [0.1, 0.15) is 75.6 Å². The molecule has 0 spiro atoms. The average Bonchev–Trinajstić information content (AvgIpc) is 2.66. The third-order valence-corrected chi connectivity index (χ3v) is 5.65. The summed E-state index contributed by atoms with van der Waals surface area (Å²) in [5, 5.41) is 5.91. The van der Waals surface area contributed by atoms with Gasteiger partial charge >= 0.3 is 0 Å². The summed E-state index contributed by atoms with van der Waals surface area (Å²) in [4.78, 5) is 0. The van der Waals surface area contributed by atoms with Crippen LogP contribution in [-0.4, -0.2) is 0 Å². The van der Waals surface area contributed by atoms with Crippen LogP contribution in [0, 0.1) is 0 Å². The molecule has 0 nitrogen and oxygen atoms in total. The van der Waals surface area contributed by atoms with Gasteiger partial charge in [0.15, 0.2) is 0 Å². The van der Waals surface area contributed by atoms with Gasteiger partial charge in [0.1, 0.15) is 0 Å². The van der Waals surface area contributed by atoms with Gasteiger partial charge < -0.3 is 0 Å². The van der Waals surface area contributed by atoms with Crippen molar-refractivity contribution in [1.82, 2.24) is 0 Å². The molecule has 3 rings (SSSR count). The van der Waals surface area contributed by atoms with Crippen LogP contribution in [0.3, 0.4) is 0 Å². The van der Waals surface area contributed by atoms with Gasteiger partial charge in [-0.15, -0.1) is 0 Å². The SMILES string of the molecule is CCCc1c(CCC)c(CCC)c2c(ccc3ccccc32)c1CCC. The van der Waals surface area contributed by atoms with Gasteiger partial charge in [0.2, 0.25) is 0 Å². The van der Waals surface area contributed by atoms with Crippen LogP contribution in [-0.2, 0) is 25.7 Å². The molecule has 0 heteroatoms. The predicted octanol–water partition coefficient (Wildman–Crippen LogP) is 7.80. The van der Waals surface area contributed by atoms with Crippen molar-refractivity contribution in [3.8, 4) is 0 Å². The summed E-state index contributed by atoms with van der Waals surface area (Å²) in [6.45, 7) is 9.31. The first-order chi connectivity index (χ1) is 12.8. The molecule has 0 aliphatic carbocycles. The van der Waals surface area contributed by atoms with E-state index in [1.54, 1.807) is 27.6 Å². The lowest BCUT2D eigenvalue weighted by Crippen LogP contribution is -2.07. The molecule has 0 bridgehead atoms. The third-order valence-electron chi connectivity index (χ3n) is 5.65.